The summed E-state index contributed by atoms with van der Waals surface area (Å²) in [4.78, 5) is 0. The molecule has 0 radical (unpaired) electrons. The van der Waals surface area contributed by atoms with E-state index in [9.17, 15) is 0 Å². The smallest absolute Gasteiger partial charge is 0.0490 e. The highest BCUT2D eigenvalue weighted by Gasteiger charge is 2.10. The molecule has 0 bridgehead atoms. The van der Waals surface area contributed by atoms with Gasteiger partial charge in [-0.05, 0) is 39.9 Å². The van der Waals surface area contributed by atoms with Crippen molar-refractivity contribution >= 4 is 43.9 Å². The third-order valence-corrected chi connectivity index (χ3v) is 4.28. The Morgan fingerprint density at radius 2 is 1.23 bits per heavy atom. The second kappa shape index (κ2) is 5.98. The maximum absolute atomic E-state index is 6.49. The number of aryl methyl sites for hydroxylation is 1. The first-order valence-corrected chi connectivity index (χ1v) is 8.13. The zero-order chi connectivity index (χ0) is 15.7. The summed E-state index contributed by atoms with van der Waals surface area (Å²) >= 11 is 6.49. The Balaban J connectivity index is 0.000000693. The van der Waals surface area contributed by atoms with Gasteiger partial charge in [-0.3, -0.25) is 0 Å². The fraction of sp³-hybridized carbons (Fsp3) is 0.143. The van der Waals surface area contributed by atoms with Gasteiger partial charge in [-0.25, -0.2) is 0 Å². The molecule has 0 spiro atoms. The summed E-state index contributed by atoms with van der Waals surface area (Å²) in [5, 5.41) is 8.27. The molecule has 0 saturated carbocycles. The van der Waals surface area contributed by atoms with Gasteiger partial charge in [0.05, 0.1) is 0 Å². The summed E-state index contributed by atoms with van der Waals surface area (Å²) < 4.78 is 0. The molecule has 0 nitrogen and oxygen atoms in total. The van der Waals surface area contributed by atoms with E-state index in [0.29, 0.717) is 0 Å². The van der Waals surface area contributed by atoms with E-state index in [0.717, 1.165) is 10.4 Å². The Bertz CT molecular complexity index is 967. The third-order valence-electron chi connectivity index (χ3n) is 3.97. The lowest BCUT2D eigenvalue weighted by Crippen LogP contribution is -1.84. The second-order valence-corrected chi connectivity index (χ2v) is 5.66. The summed E-state index contributed by atoms with van der Waals surface area (Å²) in [7, 11) is 0. The Labute approximate surface area is 136 Å². The number of hydrogen-bond acceptors (Lipinski definition) is 0. The lowest BCUT2D eigenvalue weighted by atomic mass is 9.93. The molecule has 0 aliphatic heterocycles. The predicted molar refractivity (Wildman–Crippen MR) is 100 cm³/mol. The molecule has 0 fully saturated rings. The normalized spacial score (nSPS) is 10.7. The highest BCUT2D eigenvalue weighted by atomic mass is 35.5. The van der Waals surface area contributed by atoms with E-state index in [1.807, 2.05) is 26.0 Å². The molecule has 1 heteroatoms. The maximum Gasteiger partial charge on any atom is 0.0490 e. The third kappa shape index (κ3) is 2.24. The lowest BCUT2D eigenvalue weighted by Gasteiger charge is -2.11. The molecule has 0 N–H and O–H groups in total. The number of hydrogen-bond donors (Lipinski definition) is 0. The summed E-state index contributed by atoms with van der Waals surface area (Å²) in [5.74, 6) is 0. The van der Waals surface area contributed by atoms with Crippen LogP contribution in [0.3, 0.4) is 0 Å². The molecule has 4 rings (SSSR count). The standard InChI is InChI=1S/C19H13Cl.C2H6/c1-12-9-10-15-13-5-2-3-6-14(13)16-7-4-8-18(20)19(16)17(15)11-12;1-2/h2-11H,1H3;1-2H3. The minimum atomic E-state index is 0.823. The van der Waals surface area contributed by atoms with Gasteiger partial charge in [0.25, 0.3) is 0 Å². The van der Waals surface area contributed by atoms with Gasteiger partial charge >= 0.3 is 0 Å². The number of rotatable bonds is 0. The maximum atomic E-state index is 6.49. The molecule has 0 heterocycles. The molecular weight excluding hydrogens is 288 g/mol. The molecular formula is C21H19Cl. The van der Waals surface area contributed by atoms with Crippen LogP contribution in [0.4, 0.5) is 0 Å². The minimum Gasteiger partial charge on any atom is -0.0836 e. The molecule has 4 aromatic rings. The van der Waals surface area contributed by atoms with Gasteiger partial charge < -0.3 is 0 Å². The van der Waals surface area contributed by atoms with Crippen molar-refractivity contribution in [3.8, 4) is 0 Å². The van der Waals surface area contributed by atoms with Crippen molar-refractivity contribution in [2.75, 3.05) is 0 Å². The average molecular weight is 307 g/mol. The van der Waals surface area contributed by atoms with Gasteiger partial charge in [0.1, 0.15) is 0 Å². The van der Waals surface area contributed by atoms with Crippen LogP contribution in [0, 0.1) is 6.92 Å². The molecule has 0 aliphatic rings. The summed E-state index contributed by atoms with van der Waals surface area (Å²) in [5.41, 5.74) is 1.26. The molecule has 22 heavy (non-hydrogen) atoms. The van der Waals surface area contributed by atoms with Crippen molar-refractivity contribution in [3.05, 3.63) is 71.2 Å². The molecule has 0 unspecified atom stereocenters. The monoisotopic (exact) mass is 306 g/mol. The van der Waals surface area contributed by atoms with Crippen molar-refractivity contribution in [1.29, 1.82) is 0 Å². The Morgan fingerprint density at radius 1 is 0.636 bits per heavy atom. The van der Waals surface area contributed by atoms with E-state index in [-0.39, 0.29) is 0 Å². The Kier molecular flexibility index (Phi) is 4.04. The van der Waals surface area contributed by atoms with Gasteiger partial charge in [-0.1, -0.05) is 85.6 Å². The fourth-order valence-electron chi connectivity index (χ4n) is 3.07. The quantitative estimate of drug-likeness (QED) is 0.303. The minimum absolute atomic E-state index is 0.823. The van der Waals surface area contributed by atoms with Crippen LogP contribution in [-0.4, -0.2) is 0 Å². The van der Waals surface area contributed by atoms with Crippen LogP contribution in [0.25, 0.3) is 32.3 Å². The summed E-state index contributed by atoms with van der Waals surface area (Å²) in [6.07, 6.45) is 0. The van der Waals surface area contributed by atoms with E-state index < -0.39 is 0 Å². The van der Waals surface area contributed by atoms with Crippen LogP contribution in [-0.2, 0) is 0 Å². The molecule has 4 aromatic carbocycles. The topological polar surface area (TPSA) is 0 Å². The highest BCUT2D eigenvalue weighted by Crippen LogP contribution is 2.38. The lowest BCUT2D eigenvalue weighted by molar-refractivity contribution is 1.50. The first kappa shape index (κ1) is 14.9. The van der Waals surface area contributed by atoms with E-state index in [4.69, 9.17) is 11.6 Å². The first-order valence-electron chi connectivity index (χ1n) is 7.75. The van der Waals surface area contributed by atoms with E-state index in [2.05, 4.69) is 55.5 Å². The van der Waals surface area contributed by atoms with Gasteiger partial charge in [-0.15, -0.1) is 0 Å². The molecule has 0 saturated heterocycles. The van der Waals surface area contributed by atoms with Crippen LogP contribution in [0.1, 0.15) is 19.4 Å². The molecule has 0 aromatic heterocycles. The summed E-state index contributed by atoms with van der Waals surface area (Å²) in [6.45, 7) is 6.12. The second-order valence-electron chi connectivity index (χ2n) is 5.26. The van der Waals surface area contributed by atoms with Crippen LogP contribution in [0.5, 0.6) is 0 Å². The molecule has 0 atom stereocenters. The number of halogens is 1. The molecule has 110 valence electrons. The first-order chi connectivity index (χ1) is 10.8. The van der Waals surface area contributed by atoms with Gasteiger partial charge in [-0.2, -0.15) is 0 Å². The van der Waals surface area contributed by atoms with Crippen LogP contribution < -0.4 is 0 Å². The van der Waals surface area contributed by atoms with Crippen molar-refractivity contribution in [2.45, 2.75) is 20.8 Å². The zero-order valence-electron chi connectivity index (χ0n) is 13.2. The highest BCUT2D eigenvalue weighted by molar-refractivity contribution is 6.40. The van der Waals surface area contributed by atoms with E-state index in [1.54, 1.807) is 0 Å². The SMILES string of the molecule is CC.Cc1ccc2c3ccccc3c3cccc(Cl)c3c2c1. The Morgan fingerprint density at radius 3 is 1.95 bits per heavy atom. The molecule has 0 aliphatic carbocycles. The van der Waals surface area contributed by atoms with Gasteiger partial charge in [0.15, 0.2) is 0 Å². The number of fused-ring (bicyclic) bond motifs is 6. The largest absolute Gasteiger partial charge is 0.0836 e. The fourth-order valence-corrected chi connectivity index (χ4v) is 3.35. The van der Waals surface area contributed by atoms with Gasteiger partial charge in [0, 0.05) is 10.4 Å². The zero-order valence-corrected chi connectivity index (χ0v) is 13.9. The predicted octanol–water partition coefficient (Wildman–Crippen LogP) is 7.13. The van der Waals surface area contributed by atoms with Crippen LogP contribution in [0.15, 0.2) is 60.7 Å². The molecule has 0 amide bonds. The van der Waals surface area contributed by atoms with E-state index >= 15 is 0 Å². The Hall–Kier alpha value is -2.05. The average Bonchev–Trinajstić information content (AvgIpc) is 2.56. The van der Waals surface area contributed by atoms with Crippen molar-refractivity contribution < 1.29 is 0 Å². The van der Waals surface area contributed by atoms with E-state index in [1.165, 1.54) is 32.5 Å². The van der Waals surface area contributed by atoms with Crippen LogP contribution >= 0.6 is 11.6 Å². The number of benzene rings is 4. The van der Waals surface area contributed by atoms with Gasteiger partial charge in [0.2, 0.25) is 0 Å². The van der Waals surface area contributed by atoms with Crippen molar-refractivity contribution in [3.63, 3.8) is 0 Å². The summed E-state index contributed by atoms with van der Waals surface area (Å²) in [6, 6.07) is 21.3. The van der Waals surface area contributed by atoms with Crippen LogP contribution in [0.2, 0.25) is 5.02 Å². The van der Waals surface area contributed by atoms with Crippen molar-refractivity contribution in [2.24, 2.45) is 0 Å². The van der Waals surface area contributed by atoms with Crippen molar-refractivity contribution in [1.82, 2.24) is 0 Å².